The molecule has 0 saturated carbocycles. The van der Waals surface area contributed by atoms with Gasteiger partial charge in [-0.15, -0.1) is 0 Å². The number of aryl methyl sites for hydroxylation is 3. The van der Waals surface area contributed by atoms with Gasteiger partial charge >= 0.3 is 0 Å². The van der Waals surface area contributed by atoms with Crippen LogP contribution >= 0.6 is 0 Å². The van der Waals surface area contributed by atoms with Crippen LogP contribution in [0, 0.1) is 13.8 Å². The van der Waals surface area contributed by atoms with E-state index in [2.05, 4.69) is 48.0 Å². The second kappa shape index (κ2) is 8.52. The van der Waals surface area contributed by atoms with Gasteiger partial charge in [0.05, 0.1) is 17.6 Å². The van der Waals surface area contributed by atoms with Gasteiger partial charge < -0.3 is 14.6 Å². The quantitative estimate of drug-likeness (QED) is 0.475. The molecule has 0 saturated heterocycles. The van der Waals surface area contributed by atoms with E-state index in [0.29, 0.717) is 19.6 Å². The Kier molecular flexibility index (Phi) is 5.89. The summed E-state index contributed by atoms with van der Waals surface area (Å²) in [5.41, 5.74) is 4.45. The molecule has 0 aliphatic carbocycles. The summed E-state index contributed by atoms with van der Waals surface area (Å²) in [5.74, 6) is 1.98. The predicted octanol–water partition coefficient (Wildman–Crippen LogP) is 3.41. The minimum absolute atomic E-state index is 0.589. The minimum atomic E-state index is 0.589. The first-order chi connectivity index (χ1) is 12.7. The van der Waals surface area contributed by atoms with Gasteiger partial charge in [0.25, 0.3) is 0 Å². The molecule has 26 heavy (non-hydrogen) atoms. The normalized spacial score (nSPS) is 10.8. The van der Waals surface area contributed by atoms with E-state index in [9.17, 15) is 4.79 Å². The number of fused-ring (bicyclic) bond motifs is 1. The highest BCUT2D eigenvalue weighted by molar-refractivity contribution is 5.75. The standard InChI is InChI=1S/C21H25N3O2/c1-16-7-5-8-17(2)21(16)26-14-6-13-24-19-10-4-3-9-18(19)23-20(24)11-12-22-15-25/h3-5,7-10,15H,6,11-14H2,1-2H3,(H,22,25). The monoisotopic (exact) mass is 351 g/mol. The summed E-state index contributed by atoms with van der Waals surface area (Å²) in [7, 11) is 0. The molecule has 5 nitrogen and oxygen atoms in total. The van der Waals surface area contributed by atoms with Crippen LogP contribution in [0.3, 0.4) is 0 Å². The van der Waals surface area contributed by atoms with Crippen molar-refractivity contribution in [2.75, 3.05) is 13.2 Å². The van der Waals surface area contributed by atoms with E-state index >= 15 is 0 Å². The summed E-state index contributed by atoms with van der Waals surface area (Å²) in [4.78, 5) is 15.2. The summed E-state index contributed by atoms with van der Waals surface area (Å²) >= 11 is 0. The first-order valence-corrected chi connectivity index (χ1v) is 9.01. The van der Waals surface area contributed by atoms with Crippen molar-refractivity contribution >= 4 is 17.4 Å². The Labute approximate surface area is 154 Å². The second-order valence-corrected chi connectivity index (χ2v) is 6.41. The van der Waals surface area contributed by atoms with E-state index in [0.717, 1.165) is 42.0 Å². The number of amides is 1. The number of hydrogen-bond donors (Lipinski definition) is 1. The molecule has 3 rings (SSSR count). The highest BCUT2D eigenvalue weighted by Gasteiger charge is 2.10. The fourth-order valence-corrected chi connectivity index (χ4v) is 3.23. The molecule has 0 unspecified atom stereocenters. The van der Waals surface area contributed by atoms with Crippen molar-refractivity contribution in [1.29, 1.82) is 0 Å². The maximum atomic E-state index is 10.5. The number of carbonyl (C=O) groups excluding carboxylic acids is 1. The minimum Gasteiger partial charge on any atom is -0.493 e. The number of nitrogens with zero attached hydrogens (tertiary/aromatic N) is 2. The molecule has 1 N–H and O–H groups in total. The van der Waals surface area contributed by atoms with E-state index < -0.39 is 0 Å². The van der Waals surface area contributed by atoms with E-state index in [1.165, 1.54) is 11.1 Å². The van der Waals surface area contributed by atoms with Crippen molar-refractivity contribution in [1.82, 2.24) is 14.9 Å². The molecule has 1 aromatic heterocycles. The molecule has 2 aromatic carbocycles. The van der Waals surface area contributed by atoms with Gasteiger partial charge in [0.1, 0.15) is 11.6 Å². The fraction of sp³-hybridized carbons (Fsp3) is 0.333. The van der Waals surface area contributed by atoms with Gasteiger partial charge in [0, 0.05) is 19.5 Å². The molecule has 1 amide bonds. The van der Waals surface area contributed by atoms with E-state index in [4.69, 9.17) is 9.72 Å². The molecule has 3 aromatic rings. The number of hydrogen-bond acceptors (Lipinski definition) is 3. The van der Waals surface area contributed by atoms with Crippen molar-refractivity contribution < 1.29 is 9.53 Å². The van der Waals surface area contributed by atoms with Crippen LogP contribution in [0.2, 0.25) is 0 Å². The zero-order chi connectivity index (χ0) is 18.4. The molecule has 1 heterocycles. The molecule has 0 atom stereocenters. The molecule has 0 aliphatic heterocycles. The largest absolute Gasteiger partial charge is 0.493 e. The topological polar surface area (TPSA) is 56.1 Å². The van der Waals surface area contributed by atoms with Crippen molar-refractivity contribution in [3.05, 3.63) is 59.4 Å². The van der Waals surface area contributed by atoms with E-state index in [1.807, 2.05) is 18.2 Å². The number of nitrogens with one attached hydrogen (secondary N) is 1. The van der Waals surface area contributed by atoms with Crippen LogP contribution < -0.4 is 10.1 Å². The Morgan fingerprint density at radius 1 is 1.12 bits per heavy atom. The third kappa shape index (κ3) is 4.04. The zero-order valence-electron chi connectivity index (χ0n) is 15.4. The van der Waals surface area contributed by atoms with Crippen LogP contribution in [0.25, 0.3) is 11.0 Å². The number of imidazole rings is 1. The smallest absolute Gasteiger partial charge is 0.207 e. The Bertz CT molecular complexity index is 866. The van der Waals surface area contributed by atoms with Crippen molar-refractivity contribution in [3.8, 4) is 5.75 Å². The van der Waals surface area contributed by atoms with E-state index in [-0.39, 0.29) is 0 Å². The average molecular weight is 351 g/mol. The number of carbonyl (C=O) groups is 1. The Hall–Kier alpha value is -2.82. The molecular weight excluding hydrogens is 326 g/mol. The summed E-state index contributed by atoms with van der Waals surface area (Å²) < 4.78 is 8.26. The fourth-order valence-electron chi connectivity index (χ4n) is 3.23. The SMILES string of the molecule is Cc1cccc(C)c1OCCCn1c(CCNC=O)nc2ccccc21. The summed E-state index contributed by atoms with van der Waals surface area (Å²) in [6, 6.07) is 14.3. The zero-order valence-corrected chi connectivity index (χ0v) is 15.4. The van der Waals surface area contributed by atoms with Crippen LogP contribution in [-0.4, -0.2) is 29.1 Å². The lowest BCUT2D eigenvalue weighted by atomic mass is 10.1. The average Bonchev–Trinajstić information content (AvgIpc) is 2.98. The van der Waals surface area contributed by atoms with Gasteiger partial charge in [-0.2, -0.15) is 0 Å². The highest BCUT2D eigenvalue weighted by Crippen LogP contribution is 2.23. The summed E-state index contributed by atoms with van der Waals surface area (Å²) in [5, 5.41) is 2.71. The lowest BCUT2D eigenvalue weighted by molar-refractivity contribution is -0.109. The third-order valence-corrected chi connectivity index (χ3v) is 4.49. The molecule has 0 fully saturated rings. The van der Waals surface area contributed by atoms with E-state index in [1.54, 1.807) is 0 Å². The van der Waals surface area contributed by atoms with Crippen molar-refractivity contribution in [3.63, 3.8) is 0 Å². The molecule has 136 valence electrons. The van der Waals surface area contributed by atoms with Gasteiger partial charge in [0.15, 0.2) is 0 Å². The number of para-hydroxylation sites is 3. The first kappa shape index (κ1) is 18.0. The molecule has 0 bridgehead atoms. The van der Waals surface area contributed by atoms with Crippen molar-refractivity contribution in [2.24, 2.45) is 0 Å². The predicted molar refractivity (Wildman–Crippen MR) is 104 cm³/mol. The van der Waals surface area contributed by atoms with Crippen LogP contribution in [0.15, 0.2) is 42.5 Å². The second-order valence-electron chi connectivity index (χ2n) is 6.41. The lowest BCUT2D eigenvalue weighted by Gasteiger charge is -2.13. The maximum Gasteiger partial charge on any atom is 0.207 e. The lowest BCUT2D eigenvalue weighted by Crippen LogP contribution is -2.17. The number of ether oxygens (including phenoxy) is 1. The van der Waals surface area contributed by atoms with Gasteiger partial charge in [-0.05, 0) is 43.5 Å². The molecule has 5 heteroatoms. The van der Waals surface area contributed by atoms with Crippen LogP contribution in [0.4, 0.5) is 0 Å². The number of rotatable bonds is 9. The van der Waals surface area contributed by atoms with Crippen molar-refractivity contribution in [2.45, 2.75) is 33.2 Å². The third-order valence-electron chi connectivity index (χ3n) is 4.49. The maximum absolute atomic E-state index is 10.5. The number of aromatic nitrogens is 2. The Balaban J connectivity index is 1.67. The Morgan fingerprint density at radius 3 is 2.65 bits per heavy atom. The Morgan fingerprint density at radius 2 is 1.88 bits per heavy atom. The van der Waals surface area contributed by atoms with Crippen LogP contribution in [-0.2, 0) is 17.8 Å². The molecular formula is C21H25N3O2. The van der Waals surface area contributed by atoms with Crippen LogP contribution in [0.5, 0.6) is 5.75 Å². The van der Waals surface area contributed by atoms with Gasteiger partial charge in [-0.1, -0.05) is 30.3 Å². The van der Waals surface area contributed by atoms with Crippen LogP contribution in [0.1, 0.15) is 23.4 Å². The van der Waals surface area contributed by atoms with Gasteiger partial charge in [-0.3, -0.25) is 4.79 Å². The van der Waals surface area contributed by atoms with Gasteiger partial charge in [-0.25, -0.2) is 4.98 Å². The first-order valence-electron chi connectivity index (χ1n) is 9.01. The highest BCUT2D eigenvalue weighted by atomic mass is 16.5. The number of benzene rings is 2. The molecule has 0 radical (unpaired) electrons. The molecule has 0 spiro atoms. The van der Waals surface area contributed by atoms with Gasteiger partial charge in [0.2, 0.25) is 6.41 Å². The molecule has 0 aliphatic rings. The summed E-state index contributed by atoms with van der Waals surface area (Å²) in [6.07, 6.45) is 2.33. The summed E-state index contributed by atoms with van der Waals surface area (Å²) in [6.45, 7) is 6.23.